The third-order valence-electron chi connectivity index (χ3n) is 4.52. The largest absolute Gasteiger partial charge is 0.352 e. The fourth-order valence-corrected chi connectivity index (χ4v) is 4.76. The van der Waals surface area contributed by atoms with Crippen LogP contribution in [0.15, 0.2) is 35.2 Å². The monoisotopic (exact) mass is 367 g/mol. The van der Waals surface area contributed by atoms with E-state index in [-0.39, 0.29) is 29.3 Å². The van der Waals surface area contributed by atoms with Gasteiger partial charge in [-0.05, 0) is 37.3 Å². The summed E-state index contributed by atoms with van der Waals surface area (Å²) in [6.45, 7) is 5.24. The van der Waals surface area contributed by atoms with E-state index in [1.54, 1.807) is 30.3 Å². The van der Waals surface area contributed by atoms with Gasteiger partial charge in [0.25, 0.3) is 0 Å². The first-order valence-corrected chi connectivity index (χ1v) is 10.3. The second kappa shape index (κ2) is 8.78. The van der Waals surface area contributed by atoms with Gasteiger partial charge in [0.1, 0.15) is 0 Å². The number of sulfonamides is 1. The van der Waals surface area contributed by atoms with Crippen LogP contribution in [0, 0.1) is 11.8 Å². The Morgan fingerprint density at radius 3 is 2.60 bits per heavy atom. The van der Waals surface area contributed by atoms with Crippen molar-refractivity contribution >= 4 is 15.9 Å². The van der Waals surface area contributed by atoms with Crippen molar-refractivity contribution in [3.05, 3.63) is 30.3 Å². The summed E-state index contributed by atoms with van der Waals surface area (Å²) >= 11 is 0. The predicted molar refractivity (Wildman–Crippen MR) is 98.4 cm³/mol. The highest BCUT2D eigenvalue weighted by atomic mass is 32.2. The minimum atomic E-state index is -3.55. The van der Waals surface area contributed by atoms with Gasteiger partial charge in [0.15, 0.2) is 0 Å². The highest BCUT2D eigenvalue weighted by molar-refractivity contribution is 7.89. The summed E-state index contributed by atoms with van der Waals surface area (Å²) in [5.41, 5.74) is 5.75. The van der Waals surface area contributed by atoms with E-state index in [1.807, 2.05) is 0 Å². The molecule has 1 heterocycles. The minimum Gasteiger partial charge on any atom is -0.352 e. The van der Waals surface area contributed by atoms with E-state index >= 15 is 0 Å². The molecule has 0 spiro atoms. The molecule has 2 atom stereocenters. The maximum Gasteiger partial charge on any atom is 0.243 e. The third-order valence-corrected chi connectivity index (χ3v) is 6.40. The molecule has 25 heavy (non-hydrogen) atoms. The molecule has 0 radical (unpaired) electrons. The van der Waals surface area contributed by atoms with Crippen LogP contribution in [0.2, 0.25) is 0 Å². The Hall–Kier alpha value is -1.44. The Morgan fingerprint density at radius 2 is 2.00 bits per heavy atom. The van der Waals surface area contributed by atoms with Crippen molar-refractivity contribution < 1.29 is 13.2 Å². The molecule has 1 aliphatic rings. The molecule has 1 fully saturated rings. The fraction of sp³-hybridized carbons (Fsp3) is 0.611. The average molecular weight is 368 g/mol. The van der Waals surface area contributed by atoms with E-state index < -0.39 is 10.0 Å². The van der Waals surface area contributed by atoms with Crippen molar-refractivity contribution in [2.45, 2.75) is 44.0 Å². The fourth-order valence-electron chi connectivity index (χ4n) is 3.22. The van der Waals surface area contributed by atoms with Crippen molar-refractivity contribution in [1.29, 1.82) is 0 Å². The summed E-state index contributed by atoms with van der Waals surface area (Å²) < 4.78 is 26.9. The van der Waals surface area contributed by atoms with Gasteiger partial charge in [-0.3, -0.25) is 4.79 Å². The first kappa shape index (κ1) is 19.9. The van der Waals surface area contributed by atoms with Crippen LogP contribution in [-0.2, 0) is 14.8 Å². The van der Waals surface area contributed by atoms with Gasteiger partial charge in [-0.2, -0.15) is 4.31 Å². The first-order chi connectivity index (χ1) is 11.8. The van der Waals surface area contributed by atoms with Crippen LogP contribution < -0.4 is 11.1 Å². The molecular formula is C18H29N3O3S. The smallest absolute Gasteiger partial charge is 0.243 e. The highest BCUT2D eigenvalue weighted by Crippen LogP contribution is 2.24. The van der Waals surface area contributed by atoms with Gasteiger partial charge in [-0.15, -0.1) is 0 Å². The number of nitrogens with one attached hydrogen (secondary N) is 1. The van der Waals surface area contributed by atoms with Crippen LogP contribution in [0.4, 0.5) is 0 Å². The molecule has 0 saturated carbocycles. The Kier molecular flexibility index (Phi) is 6.98. The summed E-state index contributed by atoms with van der Waals surface area (Å²) in [5.74, 6) is 0.0210. The summed E-state index contributed by atoms with van der Waals surface area (Å²) in [5, 5.41) is 2.99. The lowest BCUT2D eigenvalue weighted by atomic mass is 9.97. The van der Waals surface area contributed by atoms with Crippen LogP contribution in [0.1, 0.15) is 33.1 Å². The molecule has 140 valence electrons. The number of rotatable bonds is 7. The Balaban J connectivity index is 2.04. The predicted octanol–water partition coefficient (Wildman–Crippen LogP) is 1.58. The zero-order valence-corrected chi connectivity index (χ0v) is 15.8. The van der Waals surface area contributed by atoms with E-state index in [4.69, 9.17) is 5.73 Å². The number of nitrogens with zero attached hydrogens (tertiary/aromatic N) is 1. The van der Waals surface area contributed by atoms with Crippen molar-refractivity contribution in [1.82, 2.24) is 9.62 Å². The van der Waals surface area contributed by atoms with E-state index in [0.717, 1.165) is 6.42 Å². The number of piperidine rings is 1. The molecule has 2 rings (SSSR count). The van der Waals surface area contributed by atoms with Crippen molar-refractivity contribution in [2.75, 3.05) is 19.6 Å². The molecule has 1 aromatic carbocycles. The van der Waals surface area contributed by atoms with Crippen LogP contribution in [0.5, 0.6) is 0 Å². The van der Waals surface area contributed by atoms with Gasteiger partial charge in [-0.1, -0.05) is 32.0 Å². The molecular weight excluding hydrogens is 338 g/mol. The summed E-state index contributed by atoms with van der Waals surface area (Å²) in [6.07, 6.45) is 2.20. The maximum atomic E-state index is 12.8. The van der Waals surface area contributed by atoms with Crippen molar-refractivity contribution in [2.24, 2.45) is 17.6 Å². The topological polar surface area (TPSA) is 92.5 Å². The molecule has 1 aliphatic heterocycles. The first-order valence-electron chi connectivity index (χ1n) is 8.90. The average Bonchev–Trinajstić information content (AvgIpc) is 2.61. The second-order valence-corrected chi connectivity index (χ2v) is 9.02. The number of benzene rings is 1. The van der Waals surface area contributed by atoms with Crippen LogP contribution in [0.3, 0.4) is 0 Å². The highest BCUT2D eigenvalue weighted by Gasteiger charge is 2.33. The van der Waals surface area contributed by atoms with Crippen LogP contribution in [0.25, 0.3) is 0 Å². The molecule has 1 amide bonds. The molecule has 3 N–H and O–H groups in total. The zero-order valence-electron chi connectivity index (χ0n) is 15.0. The quantitative estimate of drug-likeness (QED) is 0.765. The number of carbonyl (C=O) groups excluding carboxylic acids is 1. The lowest BCUT2D eigenvalue weighted by Gasteiger charge is -2.32. The normalized spacial score (nSPS) is 20.4. The molecule has 0 bridgehead atoms. The molecule has 1 saturated heterocycles. The van der Waals surface area contributed by atoms with Gasteiger partial charge < -0.3 is 11.1 Å². The Labute approximate surface area is 150 Å². The van der Waals surface area contributed by atoms with Crippen LogP contribution >= 0.6 is 0 Å². The minimum absolute atomic E-state index is 0.0615. The molecule has 0 aliphatic carbocycles. The van der Waals surface area contributed by atoms with Crippen molar-refractivity contribution in [3.8, 4) is 0 Å². The van der Waals surface area contributed by atoms with Gasteiger partial charge >= 0.3 is 0 Å². The number of carbonyl (C=O) groups is 1. The second-order valence-electron chi connectivity index (χ2n) is 7.09. The summed E-state index contributed by atoms with van der Waals surface area (Å²) in [6, 6.07) is 8.32. The standard InChI is InChI=1S/C18H29N3O3S/c1-14(2)11-16(12-19)20-18(22)15-7-6-10-21(13-15)25(23,24)17-8-4-3-5-9-17/h3-5,8-9,14-16H,6-7,10-13,19H2,1-2H3,(H,20,22). The molecule has 7 heteroatoms. The van der Waals surface area contributed by atoms with Gasteiger partial charge in [0, 0.05) is 25.7 Å². The number of amides is 1. The summed E-state index contributed by atoms with van der Waals surface area (Å²) in [4.78, 5) is 12.8. The van der Waals surface area contributed by atoms with E-state index in [9.17, 15) is 13.2 Å². The zero-order chi connectivity index (χ0) is 18.4. The number of nitrogens with two attached hydrogens (primary N) is 1. The van der Waals surface area contributed by atoms with Crippen molar-refractivity contribution in [3.63, 3.8) is 0 Å². The molecule has 0 aromatic heterocycles. The summed E-state index contributed by atoms with van der Waals surface area (Å²) in [7, 11) is -3.55. The van der Waals surface area contributed by atoms with E-state index in [2.05, 4.69) is 19.2 Å². The molecule has 6 nitrogen and oxygen atoms in total. The Morgan fingerprint density at radius 1 is 1.32 bits per heavy atom. The maximum absolute atomic E-state index is 12.8. The lowest BCUT2D eigenvalue weighted by Crippen LogP contribution is -2.49. The number of hydrogen-bond acceptors (Lipinski definition) is 4. The molecule has 2 unspecified atom stereocenters. The number of hydrogen-bond donors (Lipinski definition) is 2. The Bertz CT molecular complexity index is 661. The SMILES string of the molecule is CC(C)CC(CN)NC(=O)C1CCCN(S(=O)(=O)c2ccccc2)C1. The van der Waals surface area contributed by atoms with Gasteiger partial charge in [0.05, 0.1) is 10.8 Å². The van der Waals surface area contributed by atoms with Crippen LogP contribution in [-0.4, -0.2) is 44.3 Å². The van der Waals surface area contributed by atoms with Gasteiger partial charge in [-0.25, -0.2) is 8.42 Å². The van der Waals surface area contributed by atoms with E-state index in [0.29, 0.717) is 31.8 Å². The third kappa shape index (κ3) is 5.26. The molecule has 1 aromatic rings. The lowest BCUT2D eigenvalue weighted by molar-refractivity contribution is -0.126. The van der Waals surface area contributed by atoms with E-state index in [1.165, 1.54) is 4.31 Å². The van der Waals surface area contributed by atoms with Gasteiger partial charge in [0.2, 0.25) is 15.9 Å².